The molecule has 0 amide bonds. The average Bonchev–Trinajstić information content (AvgIpc) is 2.06. The Labute approximate surface area is 91.5 Å². The molecule has 0 saturated heterocycles. The number of aryl methyl sites for hydroxylation is 1. The zero-order valence-corrected chi connectivity index (χ0v) is 9.65. The molecule has 1 nitrogen and oxygen atoms in total. The molecule has 70 valence electrons. The minimum absolute atomic E-state index is 0.346. The first kappa shape index (κ1) is 10.6. The van der Waals surface area contributed by atoms with Gasteiger partial charge < -0.3 is 4.74 Å². The Morgan fingerprint density at radius 3 is 2.92 bits per heavy atom. The lowest BCUT2D eigenvalue weighted by Gasteiger charge is -2.08. The Morgan fingerprint density at radius 2 is 2.31 bits per heavy atom. The van der Waals surface area contributed by atoms with Gasteiger partial charge in [-0.1, -0.05) is 40.2 Å². The Hall–Kier alpha value is -0.470. The highest BCUT2D eigenvalue weighted by atomic mass is 79.9. The van der Waals surface area contributed by atoms with Crippen molar-refractivity contribution in [3.05, 3.63) is 39.8 Å². The molecule has 1 aromatic carbocycles. The second-order valence-corrected chi connectivity index (χ2v) is 4.17. The summed E-state index contributed by atoms with van der Waals surface area (Å²) in [6, 6.07) is 5.86. The van der Waals surface area contributed by atoms with Crippen LogP contribution in [0.2, 0.25) is 0 Å². The molecular weight excluding hydrogens is 251 g/mol. The van der Waals surface area contributed by atoms with Crippen molar-refractivity contribution in [2.24, 2.45) is 0 Å². The monoisotopic (exact) mass is 260 g/mol. The van der Waals surface area contributed by atoms with Crippen molar-refractivity contribution < 1.29 is 4.74 Å². The van der Waals surface area contributed by atoms with Crippen molar-refractivity contribution in [3.63, 3.8) is 0 Å². The van der Waals surface area contributed by atoms with Gasteiger partial charge >= 0.3 is 0 Å². The number of benzene rings is 1. The van der Waals surface area contributed by atoms with E-state index in [4.69, 9.17) is 16.3 Å². The molecule has 0 fully saturated rings. The van der Waals surface area contributed by atoms with Crippen molar-refractivity contribution in [1.29, 1.82) is 0 Å². The predicted molar refractivity (Wildman–Crippen MR) is 59.4 cm³/mol. The van der Waals surface area contributed by atoms with Crippen LogP contribution in [0, 0.1) is 6.92 Å². The molecule has 0 aliphatic heterocycles. The topological polar surface area (TPSA) is 9.23 Å². The van der Waals surface area contributed by atoms with Crippen LogP contribution in [0.1, 0.15) is 5.56 Å². The SMILES string of the molecule is C=C(Cl)COc1cc(Br)ccc1C. The first-order valence-electron chi connectivity index (χ1n) is 3.82. The minimum atomic E-state index is 0.346. The van der Waals surface area contributed by atoms with Gasteiger partial charge in [0.2, 0.25) is 0 Å². The number of hydrogen-bond donors (Lipinski definition) is 0. The summed E-state index contributed by atoms with van der Waals surface area (Å²) in [5.74, 6) is 0.830. The minimum Gasteiger partial charge on any atom is -0.488 e. The van der Waals surface area contributed by atoms with E-state index < -0.39 is 0 Å². The van der Waals surface area contributed by atoms with Crippen LogP contribution in [0.25, 0.3) is 0 Å². The first-order valence-corrected chi connectivity index (χ1v) is 4.99. The highest BCUT2D eigenvalue weighted by molar-refractivity contribution is 9.10. The molecule has 0 saturated carbocycles. The largest absolute Gasteiger partial charge is 0.488 e. The summed E-state index contributed by atoms with van der Waals surface area (Å²) in [4.78, 5) is 0. The molecule has 0 radical (unpaired) electrons. The van der Waals surface area contributed by atoms with Gasteiger partial charge in [-0.2, -0.15) is 0 Å². The lowest BCUT2D eigenvalue weighted by Crippen LogP contribution is -1.97. The molecule has 3 heteroatoms. The molecule has 0 bridgehead atoms. The molecule has 0 aromatic heterocycles. The predicted octanol–water partition coefficient (Wildman–Crippen LogP) is 3.89. The third-order valence-electron chi connectivity index (χ3n) is 1.53. The van der Waals surface area contributed by atoms with E-state index in [1.807, 2.05) is 25.1 Å². The van der Waals surface area contributed by atoms with Crippen molar-refractivity contribution in [1.82, 2.24) is 0 Å². The molecule has 0 N–H and O–H groups in total. The van der Waals surface area contributed by atoms with Gasteiger partial charge in [-0.15, -0.1) is 0 Å². The second-order valence-electron chi connectivity index (χ2n) is 2.72. The highest BCUT2D eigenvalue weighted by Gasteiger charge is 2.00. The van der Waals surface area contributed by atoms with E-state index in [2.05, 4.69) is 22.5 Å². The Bertz CT molecular complexity index is 323. The lowest BCUT2D eigenvalue weighted by molar-refractivity contribution is 0.357. The van der Waals surface area contributed by atoms with Gasteiger partial charge in [-0.3, -0.25) is 0 Å². The van der Waals surface area contributed by atoms with Crippen LogP contribution in [0.4, 0.5) is 0 Å². The van der Waals surface area contributed by atoms with Gasteiger partial charge in [0.05, 0.1) is 0 Å². The second kappa shape index (κ2) is 4.68. The van der Waals surface area contributed by atoms with E-state index in [1.165, 1.54) is 0 Å². The maximum absolute atomic E-state index is 5.59. The Kier molecular flexibility index (Phi) is 3.82. The summed E-state index contributed by atoms with van der Waals surface area (Å²) in [6.07, 6.45) is 0. The van der Waals surface area contributed by atoms with Gasteiger partial charge in [-0.05, 0) is 24.6 Å². The summed E-state index contributed by atoms with van der Waals surface area (Å²) >= 11 is 8.96. The van der Waals surface area contributed by atoms with Crippen LogP contribution >= 0.6 is 27.5 Å². The molecule has 0 heterocycles. The summed E-state index contributed by atoms with van der Waals surface area (Å²) < 4.78 is 6.41. The van der Waals surface area contributed by atoms with Crippen LogP contribution in [0.5, 0.6) is 5.75 Å². The van der Waals surface area contributed by atoms with Crippen LogP contribution in [0.3, 0.4) is 0 Å². The lowest BCUT2D eigenvalue weighted by atomic mass is 10.2. The van der Waals surface area contributed by atoms with Gasteiger partial charge in [0, 0.05) is 9.51 Å². The number of hydrogen-bond acceptors (Lipinski definition) is 1. The van der Waals surface area contributed by atoms with Crippen molar-refractivity contribution >= 4 is 27.5 Å². The third kappa shape index (κ3) is 3.41. The standard InChI is InChI=1S/C10H10BrClO/c1-7-3-4-9(11)5-10(7)13-6-8(2)12/h3-5H,2,6H2,1H3. The highest BCUT2D eigenvalue weighted by Crippen LogP contribution is 2.23. The van der Waals surface area contributed by atoms with Crippen LogP contribution in [-0.2, 0) is 0 Å². The Balaban J connectivity index is 2.75. The molecule has 0 unspecified atom stereocenters. The summed E-state index contributed by atoms with van der Waals surface area (Å²) in [5.41, 5.74) is 1.08. The third-order valence-corrected chi connectivity index (χ3v) is 2.14. The van der Waals surface area contributed by atoms with Gasteiger partial charge in [0.1, 0.15) is 12.4 Å². The molecule has 13 heavy (non-hydrogen) atoms. The zero-order chi connectivity index (χ0) is 9.84. The number of halogens is 2. The fourth-order valence-corrected chi connectivity index (χ4v) is 1.28. The maximum atomic E-state index is 5.59. The summed E-state index contributed by atoms with van der Waals surface area (Å²) in [5, 5.41) is 0.499. The summed E-state index contributed by atoms with van der Waals surface area (Å²) in [7, 11) is 0. The van der Waals surface area contributed by atoms with Crippen molar-refractivity contribution in [3.8, 4) is 5.75 Å². The first-order chi connectivity index (χ1) is 6.09. The zero-order valence-electron chi connectivity index (χ0n) is 7.31. The quantitative estimate of drug-likeness (QED) is 0.802. The van der Waals surface area contributed by atoms with Crippen LogP contribution < -0.4 is 4.74 Å². The fourth-order valence-electron chi connectivity index (χ4n) is 0.885. The van der Waals surface area contributed by atoms with Crippen molar-refractivity contribution in [2.45, 2.75) is 6.92 Å². The number of ether oxygens (including phenoxy) is 1. The van der Waals surface area contributed by atoms with E-state index in [0.717, 1.165) is 15.8 Å². The van der Waals surface area contributed by atoms with E-state index >= 15 is 0 Å². The average molecular weight is 262 g/mol. The maximum Gasteiger partial charge on any atom is 0.123 e. The van der Waals surface area contributed by atoms with E-state index in [9.17, 15) is 0 Å². The number of rotatable bonds is 3. The van der Waals surface area contributed by atoms with Gasteiger partial charge in [-0.25, -0.2) is 0 Å². The molecule has 0 spiro atoms. The van der Waals surface area contributed by atoms with Crippen molar-refractivity contribution in [2.75, 3.05) is 6.61 Å². The van der Waals surface area contributed by atoms with Gasteiger partial charge in [0.25, 0.3) is 0 Å². The summed E-state index contributed by atoms with van der Waals surface area (Å²) in [6.45, 7) is 5.88. The molecule has 1 rings (SSSR count). The van der Waals surface area contributed by atoms with Crippen LogP contribution in [-0.4, -0.2) is 6.61 Å². The van der Waals surface area contributed by atoms with Crippen LogP contribution in [0.15, 0.2) is 34.3 Å². The molecular formula is C10H10BrClO. The molecule has 1 aromatic rings. The molecule has 0 aliphatic carbocycles. The van der Waals surface area contributed by atoms with Gasteiger partial charge in [0.15, 0.2) is 0 Å². The smallest absolute Gasteiger partial charge is 0.123 e. The van der Waals surface area contributed by atoms with E-state index in [1.54, 1.807) is 0 Å². The fraction of sp³-hybridized carbons (Fsp3) is 0.200. The molecule has 0 atom stereocenters. The molecule has 0 aliphatic rings. The van der Waals surface area contributed by atoms with E-state index in [-0.39, 0.29) is 0 Å². The normalized spacial score (nSPS) is 9.77. The van der Waals surface area contributed by atoms with E-state index in [0.29, 0.717) is 11.6 Å². The Morgan fingerprint density at radius 1 is 1.62 bits per heavy atom.